The van der Waals surface area contributed by atoms with Crippen molar-refractivity contribution in [3.05, 3.63) is 25.0 Å². The predicted octanol–water partition coefficient (Wildman–Crippen LogP) is 6.88. The van der Waals surface area contributed by atoms with Gasteiger partial charge in [-0.3, -0.25) is 4.79 Å². The number of rotatable bonds is 15. The fraction of sp³-hybridized carbons (Fsp3) is 0.762. The summed E-state index contributed by atoms with van der Waals surface area (Å²) in [5, 5.41) is 7.33. The second-order valence-corrected chi connectivity index (χ2v) is 6.09. The fourth-order valence-electron chi connectivity index (χ4n) is 2.44. The van der Waals surface area contributed by atoms with Crippen LogP contribution in [-0.4, -0.2) is 18.2 Å². The van der Waals surface area contributed by atoms with Crippen LogP contribution in [0, 0.1) is 0 Å². The Hall–Kier alpha value is -1.25. The van der Waals surface area contributed by atoms with Gasteiger partial charge in [0.1, 0.15) is 0 Å². The lowest BCUT2D eigenvalue weighted by molar-refractivity contribution is -0.140. The first-order valence-corrected chi connectivity index (χ1v) is 9.69. The van der Waals surface area contributed by atoms with Crippen molar-refractivity contribution in [1.29, 1.82) is 0 Å². The van der Waals surface area contributed by atoms with Crippen LogP contribution in [0.2, 0.25) is 0 Å². The Labute approximate surface area is 150 Å². The molecule has 0 radical (unpaired) electrons. The first-order chi connectivity index (χ1) is 11.7. The van der Waals surface area contributed by atoms with Crippen molar-refractivity contribution >= 4 is 5.97 Å². The quantitative estimate of drug-likeness (QED) is 0.153. The Morgan fingerprint density at radius 3 is 1.75 bits per heavy atom. The van der Waals surface area contributed by atoms with E-state index in [9.17, 15) is 4.79 Å². The number of aliphatic hydroxyl groups excluding tert-OH is 1. The van der Waals surface area contributed by atoms with Crippen molar-refractivity contribution in [2.45, 2.75) is 96.8 Å². The van der Waals surface area contributed by atoms with Crippen LogP contribution < -0.4 is 0 Å². The number of ether oxygens (including phenoxy) is 1. The maximum atomic E-state index is 10.9. The van der Waals surface area contributed by atoms with Crippen molar-refractivity contribution in [2.75, 3.05) is 7.11 Å². The van der Waals surface area contributed by atoms with Crippen molar-refractivity contribution < 1.29 is 14.6 Å². The first-order valence-electron chi connectivity index (χ1n) is 9.69. The number of allylic oxidation sites excluding steroid dienone is 2. The molecule has 0 bridgehead atoms. The van der Waals surface area contributed by atoms with Crippen LogP contribution >= 0.6 is 0 Å². The molecule has 0 amide bonds. The summed E-state index contributed by atoms with van der Waals surface area (Å²) >= 11 is 0. The number of esters is 1. The third-order valence-electron chi connectivity index (χ3n) is 3.87. The lowest BCUT2D eigenvalue weighted by atomic mass is 10.1. The van der Waals surface area contributed by atoms with Gasteiger partial charge in [-0.25, -0.2) is 0 Å². The maximum absolute atomic E-state index is 10.9. The van der Waals surface area contributed by atoms with E-state index in [-0.39, 0.29) is 5.97 Å². The zero-order chi connectivity index (χ0) is 18.3. The molecule has 0 fully saturated rings. The molecule has 1 N–H and O–H groups in total. The zero-order valence-electron chi connectivity index (χ0n) is 16.1. The number of carbonyl (C=O) groups is 1. The number of carbonyl (C=O) groups excluding carboxylic acids is 1. The van der Waals surface area contributed by atoms with E-state index in [0.717, 1.165) is 19.1 Å². The van der Waals surface area contributed by atoms with Gasteiger partial charge in [0.25, 0.3) is 0 Å². The largest absolute Gasteiger partial charge is 0.516 e. The van der Waals surface area contributed by atoms with Crippen LogP contribution in [0.25, 0.3) is 0 Å². The molecule has 0 unspecified atom stereocenters. The second kappa shape index (κ2) is 24.0. The van der Waals surface area contributed by atoms with Gasteiger partial charge in [0.2, 0.25) is 0 Å². The van der Waals surface area contributed by atoms with E-state index >= 15 is 0 Å². The summed E-state index contributed by atoms with van der Waals surface area (Å²) in [5.74, 6) is -0.0763. The molecule has 0 aromatic heterocycles. The Balaban J connectivity index is 0. The SMILES string of the molecule is C=CO.CCCCCCCC/C=C\CCCCCCCC(=O)OC. The Morgan fingerprint density at radius 1 is 0.875 bits per heavy atom. The van der Waals surface area contributed by atoms with Gasteiger partial charge >= 0.3 is 5.97 Å². The summed E-state index contributed by atoms with van der Waals surface area (Å²) in [6.07, 6.45) is 22.7. The van der Waals surface area contributed by atoms with E-state index in [1.54, 1.807) is 0 Å². The van der Waals surface area contributed by atoms with E-state index < -0.39 is 0 Å². The van der Waals surface area contributed by atoms with Crippen molar-refractivity contribution in [3.8, 4) is 0 Å². The lowest BCUT2D eigenvalue weighted by Crippen LogP contribution is -1.98. The highest BCUT2D eigenvalue weighted by Gasteiger charge is 1.98. The summed E-state index contributed by atoms with van der Waals surface area (Å²) < 4.78 is 4.62. The number of methoxy groups -OCH3 is 1. The van der Waals surface area contributed by atoms with Crippen molar-refractivity contribution in [3.63, 3.8) is 0 Å². The molecular weight excluding hydrogens is 300 g/mol. The van der Waals surface area contributed by atoms with Gasteiger partial charge in [0.05, 0.1) is 13.4 Å². The van der Waals surface area contributed by atoms with E-state index in [4.69, 9.17) is 5.11 Å². The average molecular weight is 341 g/mol. The first kappa shape index (κ1) is 25.0. The molecule has 0 aromatic rings. The average Bonchev–Trinajstić information content (AvgIpc) is 2.58. The van der Waals surface area contributed by atoms with Crippen LogP contribution in [0.15, 0.2) is 25.0 Å². The highest BCUT2D eigenvalue weighted by atomic mass is 16.5. The molecule has 0 heterocycles. The lowest BCUT2D eigenvalue weighted by Gasteiger charge is -2.00. The van der Waals surface area contributed by atoms with Gasteiger partial charge in [-0.05, 0) is 32.1 Å². The molecule has 24 heavy (non-hydrogen) atoms. The maximum Gasteiger partial charge on any atom is 0.305 e. The minimum absolute atomic E-state index is 0.0763. The van der Waals surface area contributed by atoms with Gasteiger partial charge in [-0.1, -0.05) is 77.0 Å². The number of hydrogen-bond donors (Lipinski definition) is 1. The molecule has 3 nitrogen and oxygen atoms in total. The summed E-state index contributed by atoms with van der Waals surface area (Å²) in [6, 6.07) is 0. The van der Waals surface area contributed by atoms with E-state index in [2.05, 4.69) is 30.4 Å². The molecule has 0 atom stereocenters. The Bertz CT molecular complexity index is 285. The number of aliphatic hydroxyl groups is 1. The number of hydrogen-bond acceptors (Lipinski definition) is 3. The van der Waals surface area contributed by atoms with Crippen molar-refractivity contribution in [2.24, 2.45) is 0 Å². The van der Waals surface area contributed by atoms with Gasteiger partial charge in [0.15, 0.2) is 0 Å². The normalized spacial score (nSPS) is 10.2. The van der Waals surface area contributed by atoms with Gasteiger partial charge in [-0.2, -0.15) is 0 Å². The molecule has 0 saturated heterocycles. The molecule has 0 aliphatic rings. The topological polar surface area (TPSA) is 46.5 Å². The molecular formula is C21H40O3. The highest BCUT2D eigenvalue weighted by molar-refractivity contribution is 5.68. The molecule has 0 aromatic carbocycles. The van der Waals surface area contributed by atoms with E-state index in [1.165, 1.54) is 77.7 Å². The minimum atomic E-state index is -0.0763. The Morgan fingerprint density at radius 2 is 1.29 bits per heavy atom. The van der Waals surface area contributed by atoms with Gasteiger partial charge in [0, 0.05) is 6.42 Å². The monoisotopic (exact) mass is 340 g/mol. The summed E-state index contributed by atoms with van der Waals surface area (Å²) in [6.45, 7) is 5.18. The molecule has 0 rings (SSSR count). The van der Waals surface area contributed by atoms with Gasteiger partial charge in [-0.15, -0.1) is 0 Å². The number of unbranched alkanes of at least 4 members (excludes halogenated alkanes) is 11. The fourth-order valence-corrected chi connectivity index (χ4v) is 2.44. The molecule has 0 aliphatic carbocycles. The van der Waals surface area contributed by atoms with E-state index in [0.29, 0.717) is 6.42 Å². The summed E-state index contributed by atoms with van der Waals surface area (Å²) in [4.78, 5) is 10.9. The third-order valence-corrected chi connectivity index (χ3v) is 3.87. The molecule has 0 spiro atoms. The second-order valence-electron chi connectivity index (χ2n) is 6.09. The predicted molar refractivity (Wildman–Crippen MR) is 104 cm³/mol. The highest BCUT2D eigenvalue weighted by Crippen LogP contribution is 2.10. The summed E-state index contributed by atoms with van der Waals surface area (Å²) in [5.41, 5.74) is 0. The minimum Gasteiger partial charge on any atom is -0.516 e. The smallest absolute Gasteiger partial charge is 0.305 e. The zero-order valence-corrected chi connectivity index (χ0v) is 16.1. The van der Waals surface area contributed by atoms with Crippen molar-refractivity contribution in [1.82, 2.24) is 0 Å². The van der Waals surface area contributed by atoms with E-state index in [1.807, 2.05) is 0 Å². The molecule has 0 aliphatic heterocycles. The Kier molecular flexibility index (Phi) is 25.0. The van der Waals surface area contributed by atoms with Crippen LogP contribution in [0.4, 0.5) is 0 Å². The molecule has 142 valence electrons. The molecule has 0 saturated carbocycles. The van der Waals surface area contributed by atoms with Crippen LogP contribution in [0.5, 0.6) is 0 Å². The molecule has 3 heteroatoms. The van der Waals surface area contributed by atoms with Gasteiger partial charge < -0.3 is 9.84 Å². The van der Waals surface area contributed by atoms with Crippen LogP contribution in [0.1, 0.15) is 96.8 Å². The standard InChI is InChI=1S/C19H36O2.C2H4O/c1-3-4-5-6-7-8-9-10-11-12-13-14-15-16-17-18-19(20)21-2;1-2-3/h10-11H,3-9,12-18H2,1-2H3;2-3H,1H2/b11-10-;. The van der Waals surface area contributed by atoms with Crippen LogP contribution in [-0.2, 0) is 9.53 Å². The summed E-state index contributed by atoms with van der Waals surface area (Å²) in [7, 11) is 1.46. The third kappa shape index (κ3) is 25.7. The van der Waals surface area contributed by atoms with Crippen LogP contribution in [0.3, 0.4) is 0 Å².